The molecule has 0 aromatic heterocycles. The van der Waals surface area contributed by atoms with E-state index < -0.39 is 43.2 Å². The van der Waals surface area contributed by atoms with E-state index in [1.54, 1.807) is 30.3 Å². The van der Waals surface area contributed by atoms with E-state index in [-0.39, 0.29) is 19.6 Å². The largest absolute Gasteiger partial charge is 0.457 e. The maximum absolute atomic E-state index is 14.2. The number of hydrogen-bond donors (Lipinski definition) is 0. The average Bonchev–Trinajstić information content (AvgIpc) is 2.61. The SMILES string of the molecule is CO[C@H](C(=O)O[C@H]1CCN(C(=O)OCc2ccccc2)C[C@H]1F)C(F)(F)F. The van der Waals surface area contributed by atoms with E-state index in [9.17, 15) is 27.2 Å². The van der Waals surface area contributed by atoms with Crippen molar-refractivity contribution in [3.63, 3.8) is 0 Å². The molecule has 1 heterocycles. The van der Waals surface area contributed by atoms with Crippen molar-refractivity contribution in [1.82, 2.24) is 4.90 Å². The molecule has 1 aliphatic rings. The van der Waals surface area contributed by atoms with Crippen molar-refractivity contribution >= 4 is 12.1 Å². The molecule has 1 aliphatic heterocycles. The topological polar surface area (TPSA) is 65.1 Å². The predicted octanol–water partition coefficient (Wildman–Crippen LogP) is 2.86. The van der Waals surface area contributed by atoms with Crippen LogP contribution in [0.25, 0.3) is 0 Å². The van der Waals surface area contributed by atoms with Gasteiger partial charge in [0.25, 0.3) is 6.10 Å². The Morgan fingerprint density at radius 1 is 1.26 bits per heavy atom. The van der Waals surface area contributed by atoms with Gasteiger partial charge >= 0.3 is 18.2 Å². The van der Waals surface area contributed by atoms with Crippen molar-refractivity contribution in [3.05, 3.63) is 35.9 Å². The second-order valence-corrected chi connectivity index (χ2v) is 5.92. The van der Waals surface area contributed by atoms with Crippen LogP contribution in [0.2, 0.25) is 0 Å². The minimum absolute atomic E-state index is 0.00659. The quantitative estimate of drug-likeness (QED) is 0.569. The second-order valence-electron chi connectivity index (χ2n) is 5.92. The molecule has 1 aromatic rings. The minimum atomic E-state index is -4.96. The normalized spacial score (nSPS) is 21.4. The van der Waals surface area contributed by atoms with E-state index in [0.717, 1.165) is 10.5 Å². The van der Waals surface area contributed by atoms with Gasteiger partial charge in [-0.1, -0.05) is 30.3 Å². The Morgan fingerprint density at radius 2 is 1.93 bits per heavy atom. The van der Waals surface area contributed by atoms with Crippen LogP contribution in [0.3, 0.4) is 0 Å². The Hall–Kier alpha value is -2.36. The van der Waals surface area contributed by atoms with Crippen LogP contribution in [0.1, 0.15) is 12.0 Å². The lowest BCUT2D eigenvalue weighted by molar-refractivity contribution is -0.229. The first kappa shape index (κ1) is 20.9. The number of amides is 1. The zero-order valence-electron chi connectivity index (χ0n) is 14.4. The summed E-state index contributed by atoms with van der Waals surface area (Å²) in [5, 5.41) is 0. The lowest BCUT2D eigenvalue weighted by Crippen LogP contribution is -2.50. The fourth-order valence-electron chi connectivity index (χ4n) is 2.57. The summed E-state index contributed by atoms with van der Waals surface area (Å²) in [7, 11) is 0.706. The van der Waals surface area contributed by atoms with Gasteiger partial charge in [-0.2, -0.15) is 13.2 Å². The molecule has 0 unspecified atom stereocenters. The Balaban J connectivity index is 1.84. The van der Waals surface area contributed by atoms with Gasteiger partial charge in [0.1, 0.15) is 12.7 Å². The highest BCUT2D eigenvalue weighted by Crippen LogP contribution is 2.26. The highest BCUT2D eigenvalue weighted by molar-refractivity contribution is 5.76. The third-order valence-electron chi connectivity index (χ3n) is 3.96. The molecule has 150 valence electrons. The van der Waals surface area contributed by atoms with Gasteiger partial charge in [0, 0.05) is 20.1 Å². The standard InChI is InChI=1S/C17H19F4NO5/c1-25-14(17(19,20)21)15(23)27-13-7-8-22(9-12(13)18)16(24)26-10-11-5-3-2-4-6-11/h2-6,12-14H,7-10H2,1H3/t12-,13+,14-/m1/s1. The first-order chi connectivity index (χ1) is 12.7. The maximum Gasteiger partial charge on any atom is 0.425 e. The Labute approximate surface area is 153 Å². The molecule has 0 N–H and O–H groups in total. The second kappa shape index (κ2) is 9.03. The van der Waals surface area contributed by atoms with Gasteiger partial charge in [-0.05, 0) is 5.56 Å². The molecule has 0 saturated carbocycles. The van der Waals surface area contributed by atoms with E-state index in [2.05, 4.69) is 9.47 Å². The van der Waals surface area contributed by atoms with Gasteiger partial charge in [-0.15, -0.1) is 0 Å². The van der Waals surface area contributed by atoms with Crippen LogP contribution in [0, 0.1) is 0 Å². The fourth-order valence-corrected chi connectivity index (χ4v) is 2.57. The molecule has 0 radical (unpaired) electrons. The number of methoxy groups -OCH3 is 1. The van der Waals surface area contributed by atoms with E-state index in [1.807, 2.05) is 0 Å². The Morgan fingerprint density at radius 3 is 2.48 bits per heavy atom. The lowest BCUT2D eigenvalue weighted by atomic mass is 10.1. The molecule has 27 heavy (non-hydrogen) atoms. The first-order valence-corrected chi connectivity index (χ1v) is 8.12. The number of carbonyl (C=O) groups excluding carboxylic acids is 2. The first-order valence-electron chi connectivity index (χ1n) is 8.12. The van der Waals surface area contributed by atoms with Crippen molar-refractivity contribution in [1.29, 1.82) is 0 Å². The molecule has 1 amide bonds. The zero-order chi connectivity index (χ0) is 20.0. The summed E-state index contributed by atoms with van der Waals surface area (Å²) in [6, 6.07) is 8.86. The average molecular weight is 393 g/mol. The van der Waals surface area contributed by atoms with E-state index >= 15 is 0 Å². The van der Waals surface area contributed by atoms with Gasteiger partial charge in [0.15, 0.2) is 6.17 Å². The number of carbonyl (C=O) groups is 2. The van der Waals surface area contributed by atoms with Crippen molar-refractivity contribution < 1.29 is 41.4 Å². The number of esters is 1. The van der Waals surface area contributed by atoms with Gasteiger partial charge < -0.3 is 19.1 Å². The highest BCUT2D eigenvalue weighted by Gasteiger charge is 2.48. The van der Waals surface area contributed by atoms with Crippen LogP contribution in [-0.4, -0.2) is 61.7 Å². The fraction of sp³-hybridized carbons (Fsp3) is 0.529. The number of benzene rings is 1. The number of ether oxygens (including phenoxy) is 3. The number of hydrogen-bond acceptors (Lipinski definition) is 5. The van der Waals surface area contributed by atoms with Crippen LogP contribution in [0.15, 0.2) is 30.3 Å². The molecule has 1 fully saturated rings. The van der Waals surface area contributed by atoms with Crippen LogP contribution in [-0.2, 0) is 25.6 Å². The monoisotopic (exact) mass is 393 g/mol. The number of alkyl halides is 4. The number of nitrogens with zero attached hydrogens (tertiary/aromatic N) is 1. The summed E-state index contributed by atoms with van der Waals surface area (Å²) in [6.07, 6.45) is -11.9. The molecule has 0 bridgehead atoms. The van der Waals surface area contributed by atoms with Gasteiger partial charge in [0.05, 0.1) is 6.54 Å². The summed E-state index contributed by atoms with van der Waals surface area (Å²) < 4.78 is 65.8. The lowest BCUT2D eigenvalue weighted by Gasteiger charge is -2.34. The van der Waals surface area contributed by atoms with Crippen LogP contribution < -0.4 is 0 Å². The molecule has 0 spiro atoms. The van der Waals surface area contributed by atoms with Gasteiger partial charge in [-0.25, -0.2) is 14.0 Å². The molecule has 2 rings (SSSR count). The summed E-state index contributed by atoms with van der Waals surface area (Å²) in [5.41, 5.74) is 0.754. The number of halogens is 4. The molecule has 3 atom stereocenters. The third kappa shape index (κ3) is 5.81. The predicted molar refractivity (Wildman–Crippen MR) is 84.4 cm³/mol. The van der Waals surface area contributed by atoms with Crippen molar-refractivity contribution in [2.45, 2.75) is 37.6 Å². The zero-order valence-corrected chi connectivity index (χ0v) is 14.4. The van der Waals surface area contributed by atoms with Crippen molar-refractivity contribution in [2.24, 2.45) is 0 Å². The van der Waals surface area contributed by atoms with Crippen LogP contribution >= 0.6 is 0 Å². The summed E-state index contributed by atoms with van der Waals surface area (Å²) in [4.78, 5) is 24.6. The molecule has 6 nitrogen and oxygen atoms in total. The smallest absolute Gasteiger partial charge is 0.425 e. The van der Waals surface area contributed by atoms with Gasteiger partial charge in [0.2, 0.25) is 0 Å². The van der Waals surface area contributed by atoms with Gasteiger partial charge in [-0.3, -0.25) is 0 Å². The van der Waals surface area contributed by atoms with E-state index in [0.29, 0.717) is 7.11 Å². The summed E-state index contributed by atoms with van der Waals surface area (Å²) in [6.45, 7) is -0.461. The number of piperidine rings is 1. The molecule has 1 saturated heterocycles. The maximum atomic E-state index is 14.2. The minimum Gasteiger partial charge on any atom is -0.457 e. The van der Waals surface area contributed by atoms with E-state index in [1.165, 1.54) is 0 Å². The molecular formula is C17H19F4NO5. The van der Waals surface area contributed by atoms with Crippen LogP contribution in [0.5, 0.6) is 0 Å². The number of rotatable bonds is 5. The summed E-state index contributed by atoms with van der Waals surface area (Å²) >= 11 is 0. The molecule has 10 heteroatoms. The summed E-state index contributed by atoms with van der Waals surface area (Å²) in [5.74, 6) is -1.71. The van der Waals surface area contributed by atoms with E-state index in [4.69, 9.17) is 4.74 Å². The Bertz CT molecular complexity index is 640. The number of likely N-dealkylation sites (tertiary alicyclic amines) is 1. The van der Waals surface area contributed by atoms with Crippen LogP contribution in [0.4, 0.5) is 22.4 Å². The molecule has 0 aliphatic carbocycles. The third-order valence-corrected chi connectivity index (χ3v) is 3.96. The molecule has 1 aromatic carbocycles. The Kier molecular flexibility index (Phi) is 7.00. The molecular weight excluding hydrogens is 374 g/mol. The highest BCUT2D eigenvalue weighted by atomic mass is 19.4. The van der Waals surface area contributed by atoms with Crippen molar-refractivity contribution in [2.75, 3.05) is 20.2 Å². The van der Waals surface area contributed by atoms with Crippen molar-refractivity contribution in [3.8, 4) is 0 Å².